The zero-order chi connectivity index (χ0) is 23.8. The molecule has 0 atom stereocenters. The van der Waals surface area contributed by atoms with Crippen molar-refractivity contribution in [2.75, 3.05) is 20.8 Å². The van der Waals surface area contributed by atoms with E-state index in [0.717, 1.165) is 22.3 Å². The molecule has 33 heavy (non-hydrogen) atoms. The number of rotatable bonds is 8. The first-order chi connectivity index (χ1) is 15.9. The zero-order valence-corrected chi connectivity index (χ0v) is 19.0. The number of ether oxygens (including phenoxy) is 4. The zero-order valence-electron chi connectivity index (χ0n) is 19.0. The molecule has 3 aromatic rings. The van der Waals surface area contributed by atoms with Gasteiger partial charge in [0.05, 0.1) is 25.9 Å². The van der Waals surface area contributed by atoms with Crippen LogP contribution in [-0.4, -0.2) is 26.8 Å². The molecule has 0 radical (unpaired) electrons. The highest BCUT2D eigenvalue weighted by Gasteiger charge is 2.13. The normalized spacial score (nSPS) is 10.8. The molecule has 0 N–H and O–H groups in total. The minimum atomic E-state index is -0.548. The fourth-order valence-corrected chi connectivity index (χ4v) is 3.13. The van der Waals surface area contributed by atoms with Crippen molar-refractivity contribution in [2.45, 2.75) is 13.8 Å². The molecule has 6 heteroatoms. The summed E-state index contributed by atoms with van der Waals surface area (Å²) < 4.78 is 21.6. The Kier molecular flexibility index (Phi) is 7.72. The molecule has 0 aliphatic rings. The number of nitrogens with zero attached hydrogens (tertiary/aromatic N) is 1. The van der Waals surface area contributed by atoms with E-state index in [9.17, 15) is 10.1 Å². The van der Waals surface area contributed by atoms with Gasteiger partial charge in [0.15, 0.2) is 18.1 Å². The Hall–Kier alpha value is -4.24. The molecule has 0 unspecified atom stereocenters. The number of esters is 1. The van der Waals surface area contributed by atoms with Crippen LogP contribution in [0.4, 0.5) is 0 Å². The van der Waals surface area contributed by atoms with Gasteiger partial charge in [-0.05, 0) is 84.6 Å². The lowest BCUT2D eigenvalue weighted by Gasteiger charge is -2.12. The first-order valence-electron chi connectivity index (χ1n) is 10.3. The predicted octanol–water partition coefficient (Wildman–Crippen LogP) is 5.37. The van der Waals surface area contributed by atoms with Gasteiger partial charge >= 0.3 is 5.97 Å². The van der Waals surface area contributed by atoms with Crippen molar-refractivity contribution in [3.05, 3.63) is 82.9 Å². The van der Waals surface area contributed by atoms with Crippen molar-refractivity contribution in [1.29, 1.82) is 5.26 Å². The van der Waals surface area contributed by atoms with Crippen LogP contribution >= 0.6 is 0 Å². The summed E-state index contributed by atoms with van der Waals surface area (Å²) in [4.78, 5) is 12.3. The van der Waals surface area contributed by atoms with E-state index < -0.39 is 5.97 Å². The SMILES string of the molecule is COc1ccc(/C(C#N)=C\c2ccc(OC(=O)COc3cc(C)ccc3C)c(OC)c2)cc1. The summed E-state index contributed by atoms with van der Waals surface area (Å²) in [5.41, 5.74) is 3.95. The Morgan fingerprint density at radius 2 is 1.67 bits per heavy atom. The molecule has 0 saturated heterocycles. The third-order valence-electron chi connectivity index (χ3n) is 4.93. The van der Waals surface area contributed by atoms with Gasteiger partial charge in [-0.3, -0.25) is 0 Å². The molecule has 0 aromatic heterocycles. The second kappa shape index (κ2) is 10.9. The molecule has 0 bridgehead atoms. The molecule has 0 saturated carbocycles. The fourth-order valence-electron chi connectivity index (χ4n) is 3.13. The van der Waals surface area contributed by atoms with E-state index in [2.05, 4.69) is 6.07 Å². The molecule has 6 nitrogen and oxygen atoms in total. The Morgan fingerprint density at radius 1 is 0.909 bits per heavy atom. The van der Waals surface area contributed by atoms with Crippen molar-refractivity contribution >= 4 is 17.6 Å². The van der Waals surface area contributed by atoms with Crippen LogP contribution in [-0.2, 0) is 4.79 Å². The molecule has 3 rings (SSSR count). The Bertz CT molecular complexity index is 1210. The van der Waals surface area contributed by atoms with Crippen molar-refractivity contribution in [1.82, 2.24) is 0 Å². The second-order valence-electron chi connectivity index (χ2n) is 7.34. The fraction of sp³-hybridized carbons (Fsp3) is 0.185. The topological polar surface area (TPSA) is 77.8 Å². The Labute approximate surface area is 193 Å². The number of hydrogen-bond donors (Lipinski definition) is 0. The summed E-state index contributed by atoms with van der Waals surface area (Å²) in [7, 11) is 3.08. The van der Waals surface area contributed by atoms with Gasteiger partial charge in [0, 0.05) is 0 Å². The molecule has 3 aromatic carbocycles. The van der Waals surface area contributed by atoms with E-state index in [1.807, 2.05) is 44.2 Å². The van der Waals surface area contributed by atoms with E-state index in [1.54, 1.807) is 43.5 Å². The Balaban J connectivity index is 1.73. The van der Waals surface area contributed by atoms with Crippen molar-refractivity contribution in [2.24, 2.45) is 0 Å². The van der Waals surface area contributed by atoms with E-state index in [4.69, 9.17) is 18.9 Å². The Morgan fingerprint density at radius 3 is 2.33 bits per heavy atom. The highest BCUT2D eigenvalue weighted by atomic mass is 16.6. The van der Waals surface area contributed by atoms with Gasteiger partial charge in [-0.2, -0.15) is 5.26 Å². The lowest BCUT2D eigenvalue weighted by Crippen LogP contribution is -2.18. The van der Waals surface area contributed by atoms with Crippen molar-refractivity contribution < 1.29 is 23.7 Å². The third kappa shape index (κ3) is 6.14. The maximum Gasteiger partial charge on any atom is 0.349 e. The number of hydrogen-bond acceptors (Lipinski definition) is 6. The average Bonchev–Trinajstić information content (AvgIpc) is 2.84. The second-order valence-corrected chi connectivity index (χ2v) is 7.34. The van der Waals surface area contributed by atoms with E-state index >= 15 is 0 Å². The molecule has 168 valence electrons. The van der Waals surface area contributed by atoms with Crippen LogP contribution < -0.4 is 18.9 Å². The van der Waals surface area contributed by atoms with Crippen LogP contribution in [0.1, 0.15) is 22.3 Å². The summed E-state index contributed by atoms with van der Waals surface area (Å²) >= 11 is 0. The molecule has 0 spiro atoms. The summed E-state index contributed by atoms with van der Waals surface area (Å²) in [6.45, 7) is 3.64. The van der Waals surface area contributed by atoms with Crippen LogP contribution in [0.3, 0.4) is 0 Å². The summed E-state index contributed by atoms with van der Waals surface area (Å²) in [5.74, 6) is 1.45. The van der Waals surface area contributed by atoms with E-state index in [0.29, 0.717) is 22.8 Å². The quantitative estimate of drug-likeness (QED) is 0.202. The summed E-state index contributed by atoms with van der Waals surface area (Å²) in [5, 5.41) is 9.59. The smallest absolute Gasteiger partial charge is 0.349 e. The number of carbonyl (C=O) groups is 1. The number of methoxy groups -OCH3 is 2. The molecule has 0 heterocycles. The summed E-state index contributed by atoms with van der Waals surface area (Å²) in [6, 6.07) is 20.3. The molecule has 0 fully saturated rings. The standard InChI is InChI=1S/C27H25NO5/c1-18-5-6-19(2)25(13-18)32-17-27(29)33-24-12-7-20(15-26(24)31-4)14-22(16-28)21-8-10-23(30-3)11-9-21/h5-15H,17H2,1-4H3/b22-14-. The molecule has 0 amide bonds. The van der Waals surface area contributed by atoms with Crippen LogP contribution in [0.25, 0.3) is 11.6 Å². The first-order valence-corrected chi connectivity index (χ1v) is 10.3. The van der Waals surface area contributed by atoms with Gasteiger partial charge in [-0.1, -0.05) is 18.2 Å². The molecular formula is C27H25NO5. The number of nitriles is 1. The van der Waals surface area contributed by atoms with Crippen LogP contribution in [0.2, 0.25) is 0 Å². The lowest BCUT2D eigenvalue weighted by atomic mass is 10.0. The number of allylic oxidation sites excluding steroid dienone is 1. The van der Waals surface area contributed by atoms with E-state index in [1.165, 1.54) is 7.11 Å². The lowest BCUT2D eigenvalue weighted by molar-refractivity contribution is -0.136. The first kappa shape index (κ1) is 23.4. The van der Waals surface area contributed by atoms with E-state index in [-0.39, 0.29) is 12.4 Å². The molecule has 0 aliphatic heterocycles. The van der Waals surface area contributed by atoms with Crippen LogP contribution in [0.5, 0.6) is 23.0 Å². The van der Waals surface area contributed by atoms with Crippen LogP contribution in [0, 0.1) is 25.2 Å². The number of aryl methyl sites for hydroxylation is 2. The largest absolute Gasteiger partial charge is 0.497 e. The average molecular weight is 443 g/mol. The molecular weight excluding hydrogens is 418 g/mol. The predicted molar refractivity (Wildman–Crippen MR) is 127 cm³/mol. The van der Waals surface area contributed by atoms with Crippen LogP contribution in [0.15, 0.2) is 60.7 Å². The monoisotopic (exact) mass is 443 g/mol. The van der Waals surface area contributed by atoms with Gasteiger partial charge in [-0.25, -0.2) is 4.79 Å². The van der Waals surface area contributed by atoms with Crippen molar-refractivity contribution in [3.8, 4) is 29.1 Å². The van der Waals surface area contributed by atoms with Gasteiger partial charge in [0.25, 0.3) is 0 Å². The maximum atomic E-state index is 12.3. The van der Waals surface area contributed by atoms with Gasteiger partial charge in [-0.15, -0.1) is 0 Å². The highest BCUT2D eigenvalue weighted by molar-refractivity contribution is 5.90. The van der Waals surface area contributed by atoms with Crippen molar-refractivity contribution in [3.63, 3.8) is 0 Å². The van der Waals surface area contributed by atoms with Gasteiger partial charge in [0.1, 0.15) is 11.5 Å². The highest BCUT2D eigenvalue weighted by Crippen LogP contribution is 2.30. The van der Waals surface area contributed by atoms with Gasteiger partial charge < -0.3 is 18.9 Å². The number of benzene rings is 3. The minimum absolute atomic E-state index is 0.231. The number of carbonyl (C=O) groups excluding carboxylic acids is 1. The molecule has 0 aliphatic carbocycles. The minimum Gasteiger partial charge on any atom is -0.497 e. The summed E-state index contributed by atoms with van der Waals surface area (Å²) in [6.07, 6.45) is 1.74. The maximum absolute atomic E-state index is 12.3. The third-order valence-corrected chi connectivity index (χ3v) is 4.93. The van der Waals surface area contributed by atoms with Gasteiger partial charge in [0.2, 0.25) is 0 Å².